The van der Waals surface area contributed by atoms with Crippen LogP contribution in [0.25, 0.3) is 0 Å². The van der Waals surface area contributed by atoms with Gasteiger partial charge in [-0.1, -0.05) is 19.9 Å². The van der Waals surface area contributed by atoms with Gasteiger partial charge in [0, 0.05) is 30.8 Å². The number of carbonyl (C=O) groups is 1. The number of hydrogen-bond donors (Lipinski definition) is 1. The van der Waals surface area contributed by atoms with Crippen molar-refractivity contribution in [2.24, 2.45) is 5.92 Å². The first-order valence-electron chi connectivity index (χ1n) is 4.88. The second-order valence-electron chi connectivity index (χ2n) is 3.52. The highest BCUT2D eigenvalue weighted by molar-refractivity contribution is 5.77. The maximum absolute atomic E-state index is 11.2. The molecule has 1 rings (SSSR count). The van der Waals surface area contributed by atoms with Crippen LogP contribution < -0.4 is 5.32 Å². The molecule has 0 saturated heterocycles. The van der Waals surface area contributed by atoms with Gasteiger partial charge in [0.25, 0.3) is 0 Å². The van der Waals surface area contributed by atoms with Crippen LogP contribution in [-0.2, 0) is 11.2 Å². The van der Waals surface area contributed by atoms with E-state index in [0.717, 1.165) is 12.1 Å². The molecule has 0 aliphatic rings. The van der Waals surface area contributed by atoms with E-state index >= 15 is 0 Å². The van der Waals surface area contributed by atoms with Gasteiger partial charge in [-0.25, -0.2) is 0 Å². The fraction of sp³-hybridized carbons (Fsp3) is 0.455. The summed E-state index contributed by atoms with van der Waals surface area (Å²) >= 11 is 0. The Morgan fingerprint density at radius 1 is 1.50 bits per heavy atom. The maximum atomic E-state index is 11.2. The SMILES string of the molecule is CC(C)C(=O)NCCc1ccccn1. The van der Waals surface area contributed by atoms with Gasteiger partial charge in [-0.3, -0.25) is 9.78 Å². The molecule has 0 bridgehead atoms. The molecule has 1 N–H and O–H groups in total. The van der Waals surface area contributed by atoms with E-state index in [1.807, 2.05) is 32.0 Å². The Balaban J connectivity index is 2.26. The zero-order valence-corrected chi connectivity index (χ0v) is 8.66. The molecule has 0 saturated carbocycles. The highest BCUT2D eigenvalue weighted by Crippen LogP contribution is 1.94. The largest absolute Gasteiger partial charge is 0.355 e. The number of pyridine rings is 1. The van der Waals surface area contributed by atoms with E-state index in [1.54, 1.807) is 6.20 Å². The van der Waals surface area contributed by atoms with Crippen LogP contribution in [0.4, 0.5) is 0 Å². The molecule has 1 amide bonds. The van der Waals surface area contributed by atoms with E-state index < -0.39 is 0 Å². The predicted octanol–water partition coefficient (Wildman–Crippen LogP) is 1.40. The summed E-state index contributed by atoms with van der Waals surface area (Å²) in [6.45, 7) is 4.43. The number of nitrogens with one attached hydrogen (secondary N) is 1. The molecule has 1 aromatic rings. The lowest BCUT2D eigenvalue weighted by Crippen LogP contribution is -2.29. The summed E-state index contributed by atoms with van der Waals surface area (Å²) < 4.78 is 0. The number of nitrogens with zero attached hydrogens (tertiary/aromatic N) is 1. The number of rotatable bonds is 4. The standard InChI is InChI=1S/C11H16N2O/c1-9(2)11(14)13-8-6-10-5-3-4-7-12-10/h3-5,7,9H,6,8H2,1-2H3,(H,13,14). The lowest BCUT2D eigenvalue weighted by molar-refractivity contribution is -0.123. The third kappa shape index (κ3) is 3.56. The monoisotopic (exact) mass is 192 g/mol. The predicted molar refractivity (Wildman–Crippen MR) is 55.8 cm³/mol. The zero-order chi connectivity index (χ0) is 10.4. The molecule has 1 aromatic heterocycles. The Labute approximate surface area is 84.6 Å². The molecule has 0 aliphatic heterocycles. The van der Waals surface area contributed by atoms with E-state index in [4.69, 9.17) is 0 Å². The van der Waals surface area contributed by atoms with Crippen molar-refractivity contribution in [2.45, 2.75) is 20.3 Å². The molecule has 0 atom stereocenters. The van der Waals surface area contributed by atoms with Gasteiger partial charge in [0.1, 0.15) is 0 Å². The first kappa shape index (κ1) is 10.7. The third-order valence-corrected chi connectivity index (χ3v) is 1.93. The van der Waals surface area contributed by atoms with E-state index in [2.05, 4.69) is 10.3 Å². The van der Waals surface area contributed by atoms with Crippen LogP contribution in [-0.4, -0.2) is 17.4 Å². The minimum Gasteiger partial charge on any atom is -0.355 e. The zero-order valence-electron chi connectivity index (χ0n) is 8.66. The molecule has 3 heteroatoms. The number of amides is 1. The summed E-state index contributed by atoms with van der Waals surface area (Å²) in [7, 11) is 0. The minimum absolute atomic E-state index is 0.0544. The van der Waals surface area contributed by atoms with Crippen molar-refractivity contribution < 1.29 is 4.79 Å². The molecule has 1 heterocycles. The van der Waals surface area contributed by atoms with Gasteiger partial charge in [0.05, 0.1) is 0 Å². The summed E-state index contributed by atoms with van der Waals surface area (Å²) in [5, 5.41) is 2.85. The van der Waals surface area contributed by atoms with Crippen molar-refractivity contribution in [3.8, 4) is 0 Å². The van der Waals surface area contributed by atoms with Gasteiger partial charge >= 0.3 is 0 Å². The molecule has 0 radical (unpaired) electrons. The fourth-order valence-corrected chi connectivity index (χ4v) is 1.06. The van der Waals surface area contributed by atoms with E-state index in [0.29, 0.717) is 6.54 Å². The Bertz CT molecular complexity index is 283. The first-order valence-corrected chi connectivity index (χ1v) is 4.88. The summed E-state index contributed by atoms with van der Waals surface area (Å²) in [6, 6.07) is 5.80. The molecule has 0 aliphatic carbocycles. The normalized spacial score (nSPS) is 10.2. The third-order valence-electron chi connectivity index (χ3n) is 1.93. The van der Waals surface area contributed by atoms with Crippen LogP contribution in [0.3, 0.4) is 0 Å². The van der Waals surface area contributed by atoms with Crippen molar-refractivity contribution in [1.82, 2.24) is 10.3 Å². The Kier molecular flexibility index (Phi) is 4.11. The summed E-state index contributed by atoms with van der Waals surface area (Å²) in [5.41, 5.74) is 1.01. The van der Waals surface area contributed by atoms with Crippen molar-refractivity contribution >= 4 is 5.91 Å². The van der Waals surface area contributed by atoms with Crippen LogP contribution in [0.15, 0.2) is 24.4 Å². The van der Waals surface area contributed by atoms with Crippen molar-refractivity contribution in [3.63, 3.8) is 0 Å². The van der Waals surface area contributed by atoms with Gasteiger partial charge in [-0.15, -0.1) is 0 Å². The lowest BCUT2D eigenvalue weighted by Gasteiger charge is -2.06. The number of hydrogen-bond acceptors (Lipinski definition) is 2. The molecule has 0 unspecified atom stereocenters. The Morgan fingerprint density at radius 2 is 2.29 bits per heavy atom. The molecule has 0 spiro atoms. The topological polar surface area (TPSA) is 42.0 Å². The second kappa shape index (κ2) is 5.37. The molecule has 0 fully saturated rings. The first-order chi connectivity index (χ1) is 6.70. The van der Waals surface area contributed by atoms with Gasteiger partial charge in [0.15, 0.2) is 0 Å². The lowest BCUT2D eigenvalue weighted by atomic mass is 10.2. The average Bonchev–Trinajstić information content (AvgIpc) is 2.19. The van der Waals surface area contributed by atoms with Crippen LogP contribution in [0.2, 0.25) is 0 Å². The van der Waals surface area contributed by atoms with Crippen molar-refractivity contribution in [3.05, 3.63) is 30.1 Å². The van der Waals surface area contributed by atoms with Crippen LogP contribution in [0.1, 0.15) is 19.5 Å². The van der Waals surface area contributed by atoms with Crippen LogP contribution in [0, 0.1) is 5.92 Å². The van der Waals surface area contributed by atoms with Crippen molar-refractivity contribution in [2.75, 3.05) is 6.54 Å². The Hall–Kier alpha value is -1.38. The second-order valence-corrected chi connectivity index (χ2v) is 3.52. The van der Waals surface area contributed by atoms with Gasteiger partial charge in [0.2, 0.25) is 5.91 Å². The number of carbonyl (C=O) groups excluding carboxylic acids is 1. The molecule has 76 valence electrons. The molecule has 0 aromatic carbocycles. The van der Waals surface area contributed by atoms with Crippen LogP contribution in [0.5, 0.6) is 0 Å². The molecule has 3 nitrogen and oxygen atoms in total. The summed E-state index contributed by atoms with van der Waals surface area (Å²) in [6.07, 6.45) is 2.55. The van der Waals surface area contributed by atoms with Crippen molar-refractivity contribution in [1.29, 1.82) is 0 Å². The van der Waals surface area contributed by atoms with E-state index in [9.17, 15) is 4.79 Å². The summed E-state index contributed by atoms with van der Waals surface area (Å²) in [5.74, 6) is 0.152. The average molecular weight is 192 g/mol. The molecular formula is C11H16N2O. The highest BCUT2D eigenvalue weighted by atomic mass is 16.1. The van der Waals surface area contributed by atoms with E-state index in [1.165, 1.54) is 0 Å². The van der Waals surface area contributed by atoms with Gasteiger partial charge in [-0.05, 0) is 12.1 Å². The molecular weight excluding hydrogens is 176 g/mol. The minimum atomic E-state index is 0.0544. The van der Waals surface area contributed by atoms with Crippen LogP contribution >= 0.6 is 0 Å². The number of aromatic nitrogens is 1. The Morgan fingerprint density at radius 3 is 2.86 bits per heavy atom. The quantitative estimate of drug-likeness (QED) is 0.783. The smallest absolute Gasteiger partial charge is 0.222 e. The molecule has 14 heavy (non-hydrogen) atoms. The fourth-order valence-electron chi connectivity index (χ4n) is 1.06. The van der Waals surface area contributed by atoms with Gasteiger partial charge < -0.3 is 5.32 Å². The van der Waals surface area contributed by atoms with Gasteiger partial charge in [-0.2, -0.15) is 0 Å². The summed E-state index contributed by atoms with van der Waals surface area (Å²) in [4.78, 5) is 15.4. The highest BCUT2D eigenvalue weighted by Gasteiger charge is 2.04. The van der Waals surface area contributed by atoms with E-state index in [-0.39, 0.29) is 11.8 Å². The maximum Gasteiger partial charge on any atom is 0.222 e.